The van der Waals surface area contributed by atoms with E-state index in [0.717, 1.165) is 6.42 Å². The highest BCUT2D eigenvalue weighted by Gasteiger charge is 2.27. The highest BCUT2D eigenvalue weighted by Crippen LogP contribution is 2.15. The zero-order valence-corrected chi connectivity index (χ0v) is 13.6. The number of amides is 1. The van der Waals surface area contributed by atoms with Crippen LogP contribution in [0, 0.1) is 0 Å². The Morgan fingerprint density at radius 2 is 1.79 bits per heavy atom. The molecule has 0 aromatic heterocycles. The lowest BCUT2D eigenvalue weighted by molar-refractivity contribution is -0.121. The Labute approximate surface area is 117 Å². The van der Waals surface area contributed by atoms with Gasteiger partial charge in [-0.05, 0) is 34.1 Å². The van der Waals surface area contributed by atoms with Crippen molar-refractivity contribution in [3.05, 3.63) is 0 Å². The van der Waals surface area contributed by atoms with Crippen molar-refractivity contribution in [2.75, 3.05) is 18.8 Å². The first-order chi connectivity index (χ1) is 8.60. The lowest BCUT2D eigenvalue weighted by Gasteiger charge is -2.19. The summed E-state index contributed by atoms with van der Waals surface area (Å²) in [7, 11) is -3.08. The Kier molecular flexibility index (Phi) is 7.59. The number of nitrogens with one attached hydrogen (secondary N) is 2. The van der Waals surface area contributed by atoms with Gasteiger partial charge in [0.1, 0.15) is 0 Å². The largest absolute Gasteiger partial charge is 0.354 e. The van der Waals surface area contributed by atoms with Crippen LogP contribution in [-0.4, -0.2) is 44.0 Å². The Hall–Kier alpha value is -0.620. The summed E-state index contributed by atoms with van der Waals surface area (Å²) in [5.41, 5.74) is 0. The number of hydrogen-bond donors (Lipinski definition) is 2. The zero-order chi connectivity index (χ0) is 15.1. The number of carbonyl (C=O) groups excluding carboxylic acids is 1. The molecule has 0 rings (SSSR count). The number of carbonyl (C=O) groups is 1. The average molecular weight is 292 g/mol. The molecule has 0 aromatic carbocycles. The van der Waals surface area contributed by atoms with E-state index in [1.807, 2.05) is 13.8 Å². The molecule has 2 N–H and O–H groups in total. The zero-order valence-electron chi connectivity index (χ0n) is 12.7. The second kappa shape index (κ2) is 7.85. The van der Waals surface area contributed by atoms with Crippen LogP contribution in [0.2, 0.25) is 0 Å². The lowest BCUT2D eigenvalue weighted by atomic mass is 10.2. The molecule has 114 valence electrons. The molecule has 0 aliphatic carbocycles. The maximum absolute atomic E-state index is 11.8. The van der Waals surface area contributed by atoms with Crippen LogP contribution < -0.4 is 10.6 Å². The van der Waals surface area contributed by atoms with Gasteiger partial charge >= 0.3 is 0 Å². The first-order valence-corrected chi connectivity index (χ1v) is 8.47. The summed E-state index contributed by atoms with van der Waals surface area (Å²) >= 11 is 0. The Bertz CT molecular complexity index is 372. The van der Waals surface area contributed by atoms with E-state index in [2.05, 4.69) is 10.6 Å². The molecule has 0 spiro atoms. The fraction of sp³-hybridized carbons (Fsp3) is 0.923. The molecule has 1 unspecified atom stereocenters. The summed E-state index contributed by atoms with van der Waals surface area (Å²) in [6, 6.07) is 0.189. The molecule has 6 heteroatoms. The summed E-state index contributed by atoms with van der Waals surface area (Å²) < 4.78 is 22.9. The van der Waals surface area contributed by atoms with Crippen molar-refractivity contribution in [1.29, 1.82) is 0 Å². The minimum atomic E-state index is -3.08. The van der Waals surface area contributed by atoms with Crippen LogP contribution in [0.5, 0.6) is 0 Å². The fourth-order valence-electron chi connectivity index (χ4n) is 1.29. The van der Waals surface area contributed by atoms with Gasteiger partial charge in [-0.1, -0.05) is 6.92 Å². The van der Waals surface area contributed by atoms with E-state index >= 15 is 0 Å². The van der Waals surface area contributed by atoms with Gasteiger partial charge in [-0.25, -0.2) is 8.42 Å². The Morgan fingerprint density at radius 1 is 1.21 bits per heavy atom. The van der Waals surface area contributed by atoms with Crippen molar-refractivity contribution in [1.82, 2.24) is 10.6 Å². The van der Waals surface area contributed by atoms with Gasteiger partial charge in [0, 0.05) is 25.6 Å². The van der Waals surface area contributed by atoms with Crippen molar-refractivity contribution in [3.8, 4) is 0 Å². The number of rotatable bonds is 8. The standard InChI is InChI=1S/C13H28N2O3S/c1-6-11(2)15-12(16)7-8-14-9-10-19(17,18)13(3,4)5/h11,14H,6-10H2,1-5H3,(H,15,16). The van der Waals surface area contributed by atoms with Crippen molar-refractivity contribution >= 4 is 15.7 Å². The lowest BCUT2D eigenvalue weighted by Crippen LogP contribution is -2.37. The van der Waals surface area contributed by atoms with Gasteiger partial charge in [0.25, 0.3) is 0 Å². The van der Waals surface area contributed by atoms with E-state index in [0.29, 0.717) is 19.5 Å². The maximum Gasteiger partial charge on any atom is 0.221 e. The van der Waals surface area contributed by atoms with Gasteiger partial charge in [-0.2, -0.15) is 0 Å². The molecule has 1 atom stereocenters. The molecule has 19 heavy (non-hydrogen) atoms. The first kappa shape index (κ1) is 18.4. The molecule has 0 saturated heterocycles. The van der Waals surface area contributed by atoms with Gasteiger partial charge in [-0.3, -0.25) is 4.79 Å². The van der Waals surface area contributed by atoms with Crippen molar-refractivity contribution in [2.45, 2.75) is 58.2 Å². The maximum atomic E-state index is 11.8. The topological polar surface area (TPSA) is 75.3 Å². The van der Waals surface area contributed by atoms with E-state index in [1.165, 1.54) is 0 Å². The Balaban J connectivity index is 3.81. The van der Waals surface area contributed by atoms with Crippen molar-refractivity contribution < 1.29 is 13.2 Å². The third-order valence-corrected chi connectivity index (χ3v) is 5.64. The summed E-state index contributed by atoms with van der Waals surface area (Å²) in [5, 5.41) is 5.86. The molecule has 0 aliphatic rings. The summed E-state index contributed by atoms with van der Waals surface area (Å²) in [5.74, 6) is 0.101. The van der Waals surface area contributed by atoms with Gasteiger partial charge in [0.2, 0.25) is 5.91 Å². The second-order valence-electron chi connectivity index (χ2n) is 5.81. The number of sulfone groups is 1. The van der Waals surface area contributed by atoms with Crippen LogP contribution in [0.25, 0.3) is 0 Å². The Morgan fingerprint density at radius 3 is 2.26 bits per heavy atom. The normalized spacial score (nSPS) is 14.2. The summed E-state index contributed by atoms with van der Waals surface area (Å²) in [6.07, 6.45) is 1.28. The first-order valence-electron chi connectivity index (χ1n) is 6.82. The third-order valence-electron chi connectivity index (χ3n) is 3.03. The van der Waals surface area contributed by atoms with E-state index < -0.39 is 14.6 Å². The molecule has 0 bridgehead atoms. The predicted molar refractivity (Wildman–Crippen MR) is 78.9 cm³/mol. The SMILES string of the molecule is CCC(C)NC(=O)CCNCCS(=O)(=O)C(C)(C)C. The molecule has 0 aliphatic heterocycles. The minimum absolute atomic E-state index is 0.000489. The van der Waals surface area contributed by atoms with Crippen LogP contribution >= 0.6 is 0 Å². The third kappa shape index (κ3) is 7.52. The van der Waals surface area contributed by atoms with E-state index in [4.69, 9.17) is 0 Å². The molecule has 5 nitrogen and oxygen atoms in total. The van der Waals surface area contributed by atoms with Gasteiger partial charge in [-0.15, -0.1) is 0 Å². The van der Waals surface area contributed by atoms with Crippen LogP contribution in [0.3, 0.4) is 0 Å². The molecule has 0 radical (unpaired) electrons. The van der Waals surface area contributed by atoms with Crippen molar-refractivity contribution in [2.24, 2.45) is 0 Å². The highest BCUT2D eigenvalue weighted by molar-refractivity contribution is 7.92. The highest BCUT2D eigenvalue weighted by atomic mass is 32.2. The molecule has 1 amide bonds. The average Bonchev–Trinajstić information content (AvgIpc) is 2.26. The molecule has 0 heterocycles. The van der Waals surface area contributed by atoms with Crippen LogP contribution in [0.4, 0.5) is 0 Å². The summed E-state index contributed by atoms with van der Waals surface area (Å²) in [4.78, 5) is 11.5. The molecular weight excluding hydrogens is 264 g/mol. The van der Waals surface area contributed by atoms with E-state index in [9.17, 15) is 13.2 Å². The van der Waals surface area contributed by atoms with Gasteiger partial charge in [0.05, 0.1) is 10.5 Å². The second-order valence-corrected chi connectivity index (χ2v) is 8.67. The van der Waals surface area contributed by atoms with E-state index in [1.54, 1.807) is 20.8 Å². The molecule has 0 fully saturated rings. The smallest absolute Gasteiger partial charge is 0.221 e. The minimum Gasteiger partial charge on any atom is -0.354 e. The van der Waals surface area contributed by atoms with Crippen LogP contribution in [0.1, 0.15) is 47.5 Å². The molecule has 0 saturated carbocycles. The van der Waals surface area contributed by atoms with E-state index in [-0.39, 0.29) is 17.7 Å². The predicted octanol–water partition coefficient (Wildman–Crippen LogP) is 1.09. The fourth-order valence-corrected chi connectivity index (χ4v) is 2.31. The monoisotopic (exact) mass is 292 g/mol. The quantitative estimate of drug-likeness (QED) is 0.657. The van der Waals surface area contributed by atoms with Crippen LogP contribution in [0.15, 0.2) is 0 Å². The van der Waals surface area contributed by atoms with Crippen molar-refractivity contribution in [3.63, 3.8) is 0 Å². The summed E-state index contributed by atoms with van der Waals surface area (Å²) in [6.45, 7) is 9.95. The van der Waals surface area contributed by atoms with Gasteiger partial charge in [0.15, 0.2) is 9.84 Å². The molecule has 0 aromatic rings. The van der Waals surface area contributed by atoms with Crippen LogP contribution in [-0.2, 0) is 14.6 Å². The number of hydrogen-bond acceptors (Lipinski definition) is 4. The molecular formula is C13H28N2O3S. The van der Waals surface area contributed by atoms with Gasteiger partial charge < -0.3 is 10.6 Å².